The first kappa shape index (κ1) is 10.8. The second kappa shape index (κ2) is 4.04. The van der Waals surface area contributed by atoms with Gasteiger partial charge in [-0.05, 0) is 25.5 Å². The molecule has 1 saturated heterocycles. The van der Waals surface area contributed by atoms with E-state index in [0.717, 1.165) is 25.2 Å². The Labute approximate surface area is 93.9 Å². The second-order valence-corrected chi connectivity index (χ2v) is 4.69. The molecule has 4 nitrogen and oxygen atoms in total. The molecule has 0 saturated carbocycles. The van der Waals surface area contributed by atoms with Gasteiger partial charge in [0.1, 0.15) is 0 Å². The van der Waals surface area contributed by atoms with Gasteiger partial charge >= 0.3 is 0 Å². The fraction of sp³-hybridized carbons (Fsp3) is 0.600. The fourth-order valence-electron chi connectivity index (χ4n) is 1.83. The van der Waals surface area contributed by atoms with Crippen molar-refractivity contribution in [1.29, 1.82) is 0 Å². The second-order valence-electron chi connectivity index (χ2n) is 4.30. The minimum Gasteiger partial charge on any atom is -0.389 e. The number of aromatic nitrogens is 2. The van der Waals surface area contributed by atoms with E-state index in [-0.39, 0.29) is 0 Å². The van der Waals surface area contributed by atoms with Gasteiger partial charge in [-0.1, -0.05) is 11.6 Å². The molecule has 2 heterocycles. The molecule has 82 valence electrons. The molecule has 2 rings (SSSR count). The van der Waals surface area contributed by atoms with Crippen molar-refractivity contribution in [2.75, 3.05) is 13.1 Å². The molecule has 1 N–H and O–H groups in total. The summed E-state index contributed by atoms with van der Waals surface area (Å²) in [4.78, 5) is 2.16. The summed E-state index contributed by atoms with van der Waals surface area (Å²) < 4.78 is 0. The highest BCUT2D eigenvalue weighted by Gasteiger charge is 2.31. The molecule has 1 aromatic rings. The Bertz CT molecular complexity index is 339. The van der Waals surface area contributed by atoms with Crippen molar-refractivity contribution in [2.24, 2.45) is 0 Å². The molecule has 5 heteroatoms. The van der Waals surface area contributed by atoms with Crippen LogP contribution in [-0.2, 0) is 6.54 Å². The fourth-order valence-corrected chi connectivity index (χ4v) is 1.93. The van der Waals surface area contributed by atoms with Crippen LogP contribution in [0.3, 0.4) is 0 Å². The zero-order valence-electron chi connectivity index (χ0n) is 8.65. The third kappa shape index (κ3) is 2.87. The van der Waals surface area contributed by atoms with Gasteiger partial charge in [-0.25, -0.2) is 0 Å². The highest BCUT2D eigenvalue weighted by Crippen LogP contribution is 2.21. The van der Waals surface area contributed by atoms with Crippen molar-refractivity contribution in [3.63, 3.8) is 0 Å². The maximum atomic E-state index is 9.79. The van der Waals surface area contributed by atoms with Crippen molar-refractivity contribution >= 4 is 11.6 Å². The van der Waals surface area contributed by atoms with Gasteiger partial charge in [-0.2, -0.15) is 5.10 Å². The van der Waals surface area contributed by atoms with Crippen molar-refractivity contribution in [3.8, 4) is 0 Å². The molecule has 0 amide bonds. The Kier molecular flexibility index (Phi) is 2.91. The lowest BCUT2D eigenvalue weighted by atomic mass is 10.1. The molecule has 0 radical (unpaired) electrons. The molecule has 0 bridgehead atoms. The van der Waals surface area contributed by atoms with Crippen LogP contribution in [0.25, 0.3) is 0 Å². The van der Waals surface area contributed by atoms with Crippen molar-refractivity contribution in [2.45, 2.75) is 25.5 Å². The van der Waals surface area contributed by atoms with Crippen LogP contribution in [0.1, 0.15) is 19.0 Å². The first-order chi connectivity index (χ1) is 7.05. The van der Waals surface area contributed by atoms with Crippen molar-refractivity contribution in [3.05, 3.63) is 23.0 Å². The summed E-state index contributed by atoms with van der Waals surface area (Å²) in [5.41, 5.74) is 0.331. The van der Waals surface area contributed by atoms with Gasteiger partial charge < -0.3 is 5.11 Å². The third-order valence-corrected chi connectivity index (χ3v) is 2.81. The molecule has 1 fully saturated rings. The normalized spacial score (nSPS) is 27.1. The Morgan fingerprint density at radius 1 is 1.53 bits per heavy atom. The summed E-state index contributed by atoms with van der Waals surface area (Å²) in [6.45, 7) is 4.18. The van der Waals surface area contributed by atoms with Crippen LogP contribution in [0, 0.1) is 0 Å². The SMILES string of the molecule is CC1(O)CCN(Cc2ccc(Cl)nn2)C1. The van der Waals surface area contributed by atoms with E-state index in [1.165, 1.54) is 0 Å². The molecular weight excluding hydrogens is 214 g/mol. The van der Waals surface area contributed by atoms with E-state index in [0.29, 0.717) is 11.7 Å². The molecule has 0 aromatic carbocycles. The Morgan fingerprint density at radius 3 is 2.87 bits per heavy atom. The van der Waals surface area contributed by atoms with E-state index >= 15 is 0 Å². The van der Waals surface area contributed by atoms with Crippen molar-refractivity contribution < 1.29 is 5.11 Å². The van der Waals surface area contributed by atoms with Crippen LogP contribution in [0.2, 0.25) is 5.15 Å². The van der Waals surface area contributed by atoms with Gasteiger partial charge in [0.15, 0.2) is 5.15 Å². The third-order valence-electron chi connectivity index (χ3n) is 2.60. The number of likely N-dealkylation sites (tertiary alicyclic amines) is 1. The first-order valence-electron chi connectivity index (χ1n) is 4.98. The Balaban J connectivity index is 1.96. The summed E-state index contributed by atoms with van der Waals surface area (Å²) in [6, 6.07) is 3.60. The largest absolute Gasteiger partial charge is 0.389 e. The molecule has 1 aliphatic heterocycles. The lowest BCUT2D eigenvalue weighted by molar-refractivity contribution is 0.0677. The van der Waals surface area contributed by atoms with E-state index in [1.807, 2.05) is 13.0 Å². The van der Waals surface area contributed by atoms with Gasteiger partial charge in [0.05, 0.1) is 11.3 Å². The average molecular weight is 228 g/mol. The number of halogens is 1. The van der Waals surface area contributed by atoms with Gasteiger partial charge in [0.2, 0.25) is 0 Å². The van der Waals surface area contributed by atoms with Gasteiger partial charge in [0.25, 0.3) is 0 Å². The smallest absolute Gasteiger partial charge is 0.151 e. The molecule has 0 spiro atoms. The van der Waals surface area contributed by atoms with Gasteiger partial charge in [-0.3, -0.25) is 4.90 Å². The molecule has 1 atom stereocenters. The quantitative estimate of drug-likeness (QED) is 0.822. The molecule has 1 aliphatic rings. The number of β-amino-alcohol motifs (C(OH)–C–C–N with tert-alkyl or cyclic N) is 1. The number of hydrogen-bond donors (Lipinski definition) is 1. The summed E-state index contributed by atoms with van der Waals surface area (Å²) in [5.74, 6) is 0. The monoisotopic (exact) mass is 227 g/mol. The zero-order chi connectivity index (χ0) is 10.9. The Morgan fingerprint density at radius 2 is 2.33 bits per heavy atom. The topological polar surface area (TPSA) is 49.2 Å². The standard InChI is InChI=1S/C10H14ClN3O/c1-10(15)4-5-14(7-10)6-8-2-3-9(11)13-12-8/h2-3,15H,4-7H2,1H3. The summed E-state index contributed by atoms with van der Waals surface area (Å²) in [7, 11) is 0. The maximum Gasteiger partial charge on any atom is 0.151 e. The maximum absolute atomic E-state index is 9.79. The molecule has 15 heavy (non-hydrogen) atoms. The lowest BCUT2D eigenvalue weighted by Crippen LogP contribution is -2.29. The van der Waals surface area contributed by atoms with Crippen LogP contribution in [-0.4, -0.2) is 38.9 Å². The summed E-state index contributed by atoms with van der Waals surface area (Å²) in [5, 5.41) is 18.0. The summed E-state index contributed by atoms with van der Waals surface area (Å²) in [6.07, 6.45) is 0.814. The number of hydrogen-bond acceptors (Lipinski definition) is 4. The minimum atomic E-state index is -0.556. The number of nitrogens with zero attached hydrogens (tertiary/aromatic N) is 3. The highest BCUT2D eigenvalue weighted by atomic mass is 35.5. The first-order valence-corrected chi connectivity index (χ1v) is 5.36. The van der Waals surface area contributed by atoms with Gasteiger partial charge in [0, 0.05) is 19.6 Å². The van der Waals surface area contributed by atoms with E-state index < -0.39 is 5.60 Å². The van der Waals surface area contributed by atoms with Gasteiger partial charge in [-0.15, -0.1) is 5.10 Å². The minimum absolute atomic E-state index is 0.409. The Hall–Kier alpha value is -0.710. The molecule has 1 unspecified atom stereocenters. The molecular formula is C10H14ClN3O. The van der Waals surface area contributed by atoms with Crippen LogP contribution in [0.15, 0.2) is 12.1 Å². The van der Waals surface area contributed by atoms with E-state index in [9.17, 15) is 5.11 Å². The van der Waals surface area contributed by atoms with Crippen LogP contribution >= 0.6 is 11.6 Å². The number of rotatable bonds is 2. The number of aliphatic hydroxyl groups is 1. The van der Waals surface area contributed by atoms with Crippen molar-refractivity contribution in [1.82, 2.24) is 15.1 Å². The van der Waals surface area contributed by atoms with E-state index in [1.54, 1.807) is 6.07 Å². The predicted molar refractivity (Wildman–Crippen MR) is 57.6 cm³/mol. The predicted octanol–water partition coefficient (Wildman–Crippen LogP) is 1.09. The lowest BCUT2D eigenvalue weighted by Gasteiger charge is -2.17. The molecule has 0 aliphatic carbocycles. The van der Waals surface area contributed by atoms with E-state index in [4.69, 9.17) is 11.6 Å². The van der Waals surface area contributed by atoms with Crippen LogP contribution in [0.5, 0.6) is 0 Å². The van der Waals surface area contributed by atoms with E-state index in [2.05, 4.69) is 15.1 Å². The van der Waals surface area contributed by atoms with Crippen LogP contribution in [0.4, 0.5) is 0 Å². The summed E-state index contributed by atoms with van der Waals surface area (Å²) >= 11 is 5.65. The van der Waals surface area contributed by atoms with Crippen LogP contribution < -0.4 is 0 Å². The average Bonchev–Trinajstić information content (AvgIpc) is 2.50. The zero-order valence-corrected chi connectivity index (χ0v) is 9.41. The highest BCUT2D eigenvalue weighted by molar-refractivity contribution is 6.29. The molecule has 1 aromatic heterocycles.